The molecule has 1 atom stereocenters. The van der Waals surface area contributed by atoms with Crippen LogP contribution >= 0.6 is 23.4 Å². The number of nitriles is 1. The minimum atomic E-state index is -0.717. The van der Waals surface area contributed by atoms with Gasteiger partial charge in [0.15, 0.2) is 0 Å². The Balaban J connectivity index is 1.61. The number of ether oxygens (including phenoxy) is 1. The molecule has 0 aromatic heterocycles. The van der Waals surface area contributed by atoms with Crippen molar-refractivity contribution in [3.05, 3.63) is 111 Å². The van der Waals surface area contributed by atoms with Crippen LogP contribution in [0.5, 0.6) is 5.75 Å². The van der Waals surface area contributed by atoms with Crippen LogP contribution in [0.4, 0.5) is 11.4 Å². The van der Waals surface area contributed by atoms with Crippen LogP contribution in [0.25, 0.3) is 0 Å². The van der Waals surface area contributed by atoms with E-state index in [1.807, 2.05) is 24.3 Å². The lowest BCUT2D eigenvalue weighted by molar-refractivity contribution is -0.114. The highest BCUT2D eigenvalue weighted by Gasteiger charge is 2.35. The maximum atomic E-state index is 13.5. The van der Waals surface area contributed by atoms with E-state index in [0.717, 1.165) is 0 Å². The maximum absolute atomic E-state index is 13.5. The monoisotopic (exact) mass is 544 g/mol. The molecule has 4 rings (SSSR count). The molecule has 1 aliphatic heterocycles. The standard InChI is InChI=1S/C29H25ClN4O3S/c1-18-26(28(36)34-19-8-4-3-5-9-19)27(22-10-6-7-11-24(22)30)23(16-31)29(32-18)38-17-25(35)33-20-12-14-21(37-2)15-13-20/h3-15,27,32H,17H2,1-2H3,(H,33,35)(H,34,36)/t27-/m1/s1. The molecule has 0 fully saturated rings. The third kappa shape index (κ3) is 6.20. The van der Waals surface area contributed by atoms with Gasteiger partial charge < -0.3 is 20.7 Å². The fourth-order valence-electron chi connectivity index (χ4n) is 4.08. The lowest BCUT2D eigenvalue weighted by Crippen LogP contribution is -2.31. The maximum Gasteiger partial charge on any atom is 0.254 e. The average molecular weight is 545 g/mol. The molecule has 0 saturated carbocycles. The molecular formula is C29H25ClN4O3S. The summed E-state index contributed by atoms with van der Waals surface area (Å²) in [6, 6.07) is 25.5. The van der Waals surface area contributed by atoms with Gasteiger partial charge in [-0.15, -0.1) is 0 Å². The minimum absolute atomic E-state index is 0.0492. The normalized spacial score (nSPS) is 14.8. The average Bonchev–Trinajstić information content (AvgIpc) is 2.92. The molecular weight excluding hydrogens is 520 g/mol. The first-order valence-electron chi connectivity index (χ1n) is 11.7. The summed E-state index contributed by atoms with van der Waals surface area (Å²) in [6.07, 6.45) is 0. The Morgan fingerprint density at radius 2 is 1.66 bits per heavy atom. The molecule has 3 aromatic rings. The summed E-state index contributed by atoms with van der Waals surface area (Å²) in [6.45, 7) is 1.77. The van der Waals surface area contributed by atoms with Gasteiger partial charge in [-0.2, -0.15) is 5.26 Å². The molecule has 0 unspecified atom stereocenters. The largest absolute Gasteiger partial charge is 0.497 e. The number of carbonyl (C=O) groups excluding carboxylic acids is 2. The summed E-state index contributed by atoms with van der Waals surface area (Å²) >= 11 is 7.75. The molecule has 3 N–H and O–H groups in total. The van der Waals surface area contributed by atoms with Crippen molar-refractivity contribution in [2.45, 2.75) is 12.8 Å². The second-order valence-corrected chi connectivity index (χ2v) is 9.75. The number of allylic oxidation sites excluding steroid dienone is 2. The zero-order valence-corrected chi connectivity index (χ0v) is 22.3. The number of methoxy groups -OCH3 is 1. The highest BCUT2D eigenvalue weighted by Crippen LogP contribution is 2.43. The summed E-state index contributed by atoms with van der Waals surface area (Å²) in [5.41, 5.74) is 3.15. The number of carbonyl (C=O) groups is 2. The van der Waals surface area contributed by atoms with Crippen LogP contribution < -0.4 is 20.7 Å². The Kier molecular flexibility index (Phi) is 8.74. The van der Waals surface area contributed by atoms with E-state index < -0.39 is 5.92 Å². The third-order valence-corrected chi connectivity index (χ3v) is 7.22. The quantitative estimate of drug-likeness (QED) is 0.319. The number of benzene rings is 3. The van der Waals surface area contributed by atoms with Crippen LogP contribution in [0.1, 0.15) is 18.4 Å². The smallest absolute Gasteiger partial charge is 0.254 e. The Morgan fingerprint density at radius 3 is 2.32 bits per heavy atom. The second-order valence-electron chi connectivity index (χ2n) is 8.36. The van der Waals surface area contributed by atoms with Gasteiger partial charge >= 0.3 is 0 Å². The molecule has 38 heavy (non-hydrogen) atoms. The number of hydrogen-bond acceptors (Lipinski definition) is 6. The lowest BCUT2D eigenvalue weighted by atomic mass is 9.82. The van der Waals surface area contributed by atoms with Gasteiger partial charge in [0.2, 0.25) is 5.91 Å². The summed E-state index contributed by atoms with van der Waals surface area (Å²) in [5, 5.41) is 20.1. The molecule has 3 aromatic carbocycles. The SMILES string of the molecule is COc1ccc(NC(=O)CSC2=C(C#N)[C@@H](c3ccccc3Cl)C(C(=O)Nc3ccccc3)=C(C)N2)cc1. The first-order valence-corrected chi connectivity index (χ1v) is 13.1. The Hall–Kier alpha value is -4.19. The van der Waals surface area contributed by atoms with Crippen molar-refractivity contribution >= 4 is 46.6 Å². The van der Waals surface area contributed by atoms with Gasteiger partial charge in [-0.3, -0.25) is 9.59 Å². The van der Waals surface area contributed by atoms with Crippen LogP contribution in [-0.4, -0.2) is 24.7 Å². The molecule has 7 nitrogen and oxygen atoms in total. The van der Waals surface area contributed by atoms with Crippen LogP contribution in [0, 0.1) is 11.3 Å². The van der Waals surface area contributed by atoms with E-state index in [1.54, 1.807) is 68.6 Å². The fraction of sp³-hybridized carbons (Fsp3) is 0.138. The molecule has 9 heteroatoms. The molecule has 1 aliphatic rings. The van der Waals surface area contributed by atoms with Gasteiger partial charge in [-0.05, 0) is 55.0 Å². The number of nitrogens with one attached hydrogen (secondary N) is 3. The first kappa shape index (κ1) is 26.9. The lowest BCUT2D eigenvalue weighted by Gasteiger charge is -2.30. The van der Waals surface area contributed by atoms with E-state index in [1.165, 1.54) is 11.8 Å². The van der Waals surface area contributed by atoms with Gasteiger partial charge in [0.25, 0.3) is 5.91 Å². The number of amides is 2. The van der Waals surface area contributed by atoms with E-state index in [9.17, 15) is 14.9 Å². The molecule has 0 aliphatic carbocycles. The van der Waals surface area contributed by atoms with Crippen LogP contribution in [-0.2, 0) is 9.59 Å². The van der Waals surface area contributed by atoms with Gasteiger partial charge in [0.05, 0.1) is 35.5 Å². The summed E-state index contributed by atoms with van der Waals surface area (Å²) in [4.78, 5) is 26.2. The van der Waals surface area contributed by atoms with E-state index in [2.05, 4.69) is 22.0 Å². The predicted octanol–water partition coefficient (Wildman–Crippen LogP) is 6.06. The number of rotatable bonds is 8. The van der Waals surface area contributed by atoms with Crippen molar-refractivity contribution < 1.29 is 14.3 Å². The van der Waals surface area contributed by atoms with Crippen molar-refractivity contribution in [3.63, 3.8) is 0 Å². The number of nitrogens with zero attached hydrogens (tertiary/aromatic N) is 1. The molecule has 2 amide bonds. The highest BCUT2D eigenvalue weighted by molar-refractivity contribution is 8.03. The van der Waals surface area contributed by atoms with Gasteiger partial charge in [-0.1, -0.05) is 59.8 Å². The summed E-state index contributed by atoms with van der Waals surface area (Å²) < 4.78 is 5.14. The zero-order valence-electron chi connectivity index (χ0n) is 20.7. The first-order chi connectivity index (χ1) is 18.4. The zero-order chi connectivity index (χ0) is 27.1. The van der Waals surface area contributed by atoms with Crippen molar-refractivity contribution in [1.82, 2.24) is 5.32 Å². The minimum Gasteiger partial charge on any atom is -0.497 e. The van der Waals surface area contributed by atoms with Crippen molar-refractivity contribution in [1.29, 1.82) is 5.26 Å². The van der Waals surface area contributed by atoms with Crippen molar-refractivity contribution in [2.75, 3.05) is 23.5 Å². The molecule has 0 radical (unpaired) electrons. The third-order valence-electron chi connectivity index (χ3n) is 5.86. The number of hydrogen-bond donors (Lipinski definition) is 3. The van der Waals surface area contributed by atoms with Gasteiger partial charge in [0, 0.05) is 27.7 Å². The van der Waals surface area contributed by atoms with Gasteiger partial charge in [-0.25, -0.2) is 0 Å². The molecule has 0 bridgehead atoms. The van der Waals surface area contributed by atoms with Crippen LogP contribution in [0.2, 0.25) is 5.02 Å². The van der Waals surface area contributed by atoms with Crippen LogP contribution in [0.3, 0.4) is 0 Å². The highest BCUT2D eigenvalue weighted by atomic mass is 35.5. The number of halogens is 1. The van der Waals surface area contributed by atoms with E-state index in [0.29, 0.717) is 49.6 Å². The predicted molar refractivity (Wildman–Crippen MR) is 152 cm³/mol. The number of para-hydroxylation sites is 1. The van der Waals surface area contributed by atoms with E-state index in [4.69, 9.17) is 16.3 Å². The molecule has 1 heterocycles. The Morgan fingerprint density at radius 1 is 1.00 bits per heavy atom. The van der Waals surface area contributed by atoms with Crippen molar-refractivity contribution in [3.8, 4) is 11.8 Å². The number of dihydropyridines is 1. The molecule has 192 valence electrons. The van der Waals surface area contributed by atoms with Crippen LogP contribution in [0.15, 0.2) is 101 Å². The molecule has 0 saturated heterocycles. The fourth-order valence-corrected chi connectivity index (χ4v) is 5.21. The van der Waals surface area contributed by atoms with E-state index >= 15 is 0 Å². The number of anilines is 2. The topological polar surface area (TPSA) is 103 Å². The summed E-state index contributed by atoms with van der Waals surface area (Å²) in [7, 11) is 1.57. The summed E-state index contributed by atoms with van der Waals surface area (Å²) in [5.74, 6) is -0.568. The number of thioether (sulfide) groups is 1. The van der Waals surface area contributed by atoms with Gasteiger partial charge in [0.1, 0.15) is 5.75 Å². The second kappa shape index (κ2) is 12.4. The Bertz CT molecular complexity index is 1450. The molecule has 0 spiro atoms. The van der Waals surface area contributed by atoms with E-state index in [-0.39, 0.29) is 17.6 Å². The Labute approximate surface area is 230 Å². The van der Waals surface area contributed by atoms with Crippen molar-refractivity contribution in [2.24, 2.45) is 0 Å².